The molecule has 1 amide bonds. The van der Waals surface area contributed by atoms with E-state index in [1.807, 2.05) is 30.3 Å². The Morgan fingerprint density at radius 1 is 1.00 bits per heavy atom. The average molecular weight is 362 g/mol. The number of aromatic hydroxyl groups is 1. The van der Waals surface area contributed by atoms with Crippen LogP contribution in [0.1, 0.15) is 9.67 Å². The van der Waals surface area contributed by atoms with Crippen molar-refractivity contribution < 1.29 is 14.3 Å². The fourth-order valence-corrected chi connectivity index (χ4v) is 3.48. The summed E-state index contributed by atoms with van der Waals surface area (Å²) in [7, 11) is 0. The zero-order valence-corrected chi connectivity index (χ0v) is 14.4. The number of nitrogens with zero attached hydrogens (tertiary/aromatic N) is 1. The number of para-hydroxylation sites is 2. The van der Waals surface area contributed by atoms with Gasteiger partial charge < -0.3 is 14.8 Å². The molecule has 2 N–H and O–H groups in total. The Labute approximate surface area is 153 Å². The number of anilines is 1. The second-order valence-corrected chi connectivity index (χ2v) is 6.51. The van der Waals surface area contributed by atoms with E-state index in [1.165, 1.54) is 17.4 Å². The summed E-state index contributed by atoms with van der Waals surface area (Å²) in [5.74, 6) is 0.285. The lowest BCUT2D eigenvalue weighted by atomic mass is 10.1. The summed E-state index contributed by atoms with van der Waals surface area (Å²) in [5, 5.41) is 13.3. The van der Waals surface area contributed by atoms with Gasteiger partial charge in [-0.15, -0.1) is 11.3 Å². The molecule has 4 rings (SSSR count). The lowest BCUT2D eigenvalue weighted by molar-refractivity contribution is 0.103. The highest BCUT2D eigenvalue weighted by Gasteiger charge is 2.22. The molecule has 0 aliphatic heterocycles. The van der Waals surface area contributed by atoms with E-state index in [0.29, 0.717) is 27.0 Å². The van der Waals surface area contributed by atoms with Crippen molar-refractivity contribution in [2.24, 2.45) is 0 Å². The van der Waals surface area contributed by atoms with Gasteiger partial charge in [-0.2, -0.15) is 0 Å². The van der Waals surface area contributed by atoms with E-state index in [-0.39, 0.29) is 11.7 Å². The standard InChI is InChI=1S/C20H14N2O3S/c23-15-10-5-4-9-14(15)21-19(24)18-17(13-7-2-1-3-8-13)22-20(26-18)16-11-6-12-25-16/h1-12,23H,(H,21,24). The molecule has 0 fully saturated rings. The number of hydrogen-bond acceptors (Lipinski definition) is 5. The summed E-state index contributed by atoms with van der Waals surface area (Å²) in [5.41, 5.74) is 1.77. The molecule has 0 bridgehead atoms. The SMILES string of the molecule is O=C(Nc1ccccc1O)c1sc(-c2ccco2)nc1-c1ccccc1. The van der Waals surface area contributed by atoms with Gasteiger partial charge in [-0.3, -0.25) is 4.79 Å². The number of phenols is 1. The topological polar surface area (TPSA) is 75.4 Å². The van der Waals surface area contributed by atoms with Crippen molar-refractivity contribution in [3.05, 3.63) is 77.9 Å². The second-order valence-electron chi connectivity index (χ2n) is 5.51. The summed E-state index contributed by atoms with van der Waals surface area (Å²) in [6.07, 6.45) is 1.57. The third kappa shape index (κ3) is 3.10. The zero-order chi connectivity index (χ0) is 17.9. The van der Waals surface area contributed by atoms with Gasteiger partial charge in [0.15, 0.2) is 10.8 Å². The van der Waals surface area contributed by atoms with Crippen molar-refractivity contribution in [1.82, 2.24) is 4.98 Å². The average Bonchev–Trinajstić information content (AvgIpc) is 3.34. The van der Waals surface area contributed by atoms with Gasteiger partial charge >= 0.3 is 0 Å². The monoisotopic (exact) mass is 362 g/mol. The number of rotatable bonds is 4. The maximum Gasteiger partial charge on any atom is 0.268 e. The van der Waals surface area contributed by atoms with Crippen LogP contribution in [0.25, 0.3) is 22.0 Å². The van der Waals surface area contributed by atoms with Crippen LogP contribution in [0.2, 0.25) is 0 Å². The number of aromatic nitrogens is 1. The van der Waals surface area contributed by atoms with Crippen LogP contribution in [0.5, 0.6) is 5.75 Å². The van der Waals surface area contributed by atoms with Crippen molar-refractivity contribution in [2.45, 2.75) is 0 Å². The first kappa shape index (κ1) is 16.1. The van der Waals surface area contributed by atoms with Gasteiger partial charge in [-0.05, 0) is 24.3 Å². The number of furan rings is 1. The molecule has 0 aliphatic carbocycles. The Hall–Kier alpha value is -3.38. The molecule has 0 spiro atoms. The molecule has 0 unspecified atom stereocenters. The molecule has 2 aromatic heterocycles. The Balaban J connectivity index is 1.76. The number of phenolic OH excluding ortho intramolecular Hbond substituents is 1. The van der Waals surface area contributed by atoms with E-state index in [4.69, 9.17) is 4.42 Å². The van der Waals surface area contributed by atoms with Gasteiger partial charge in [-0.1, -0.05) is 42.5 Å². The fourth-order valence-electron chi connectivity index (χ4n) is 2.53. The lowest BCUT2D eigenvalue weighted by Crippen LogP contribution is -2.11. The van der Waals surface area contributed by atoms with Crippen molar-refractivity contribution in [3.63, 3.8) is 0 Å². The van der Waals surface area contributed by atoms with Gasteiger partial charge in [0.1, 0.15) is 10.6 Å². The molecule has 2 aromatic carbocycles. The van der Waals surface area contributed by atoms with Crippen LogP contribution in [-0.2, 0) is 0 Å². The molecule has 0 aliphatic rings. The molecule has 128 valence electrons. The summed E-state index contributed by atoms with van der Waals surface area (Å²) in [4.78, 5) is 17.9. The molecule has 6 heteroatoms. The highest BCUT2D eigenvalue weighted by Crippen LogP contribution is 2.35. The summed E-state index contributed by atoms with van der Waals surface area (Å²) in [6.45, 7) is 0. The smallest absolute Gasteiger partial charge is 0.268 e. The molecule has 0 radical (unpaired) electrons. The quantitative estimate of drug-likeness (QED) is 0.499. The molecule has 26 heavy (non-hydrogen) atoms. The maximum absolute atomic E-state index is 12.9. The number of carbonyl (C=O) groups excluding carboxylic acids is 1. The normalized spacial score (nSPS) is 10.6. The number of hydrogen-bond donors (Lipinski definition) is 2. The molecular formula is C20H14N2O3S. The predicted octanol–water partition coefficient (Wildman–Crippen LogP) is 5.03. The highest BCUT2D eigenvalue weighted by atomic mass is 32.1. The number of benzene rings is 2. The molecule has 5 nitrogen and oxygen atoms in total. The van der Waals surface area contributed by atoms with Crippen LogP contribution in [0.15, 0.2) is 77.4 Å². The Morgan fingerprint density at radius 2 is 1.77 bits per heavy atom. The first-order chi connectivity index (χ1) is 12.7. The largest absolute Gasteiger partial charge is 0.506 e. The number of amides is 1. The molecule has 0 saturated carbocycles. The van der Waals surface area contributed by atoms with E-state index >= 15 is 0 Å². The van der Waals surface area contributed by atoms with E-state index in [9.17, 15) is 9.90 Å². The van der Waals surface area contributed by atoms with Crippen LogP contribution in [0.4, 0.5) is 5.69 Å². The predicted molar refractivity (Wildman–Crippen MR) is 101 cm³/mol. The third-order valence-corrected chi connectivity index (χ3v) is 4.83. The van der Waals surface area contributed by atoms with Crippen molar-refractivity contribution >= 4 is 22.9 Å². The molecule has 2 heterocycles. The molecule has 0 saturated heterocycles. The van der Waals surface area contributed by atoms with Crippen LogP contribution in [0.3, 0.4) is 0 Å². The van der Waals surface area contributed by atoms with Crippen LogP contribution in [-0.4, -0.2) is 16.0 Å². The van der Waals surface area contributed by atoms with Gasteiger partial charge in [0.25, 0.3) is 5.91 Å². The fraction of sp³-hybridized carbons (Fsp3) is 0. The zero-order valence-electron chi connectivity index (χ0n) is 13.5. The Morgan fingerprint density at radius 3 is 2.50 bits per heavy atom. The number of nitrogens with one attached hydrogen (secondary N) is 1. The van der Waals surface area contributed by atoms with E-state index in [0.717, 1.165) is 5.56 Å². The van der Waals surface area contributed by atoms with Gasteiger partial charge in [0, 0.05) is 5.56 Å². The van der Waals surface area contributed by atoms with Gasteiger partial charge in [0.05, 0.1) is 17.6 Å². The maximum atomic E-state index is 12.9. The van der Waals surface area contributed by atoms with Crippen LogP contribution in [0, 0.1) is 0 Å². The summed E-state index contributed by atoms with van der Waals surface area (Å²) >= 11 is 1.25. The van der Waals surface area contributed by atoms with Crippen LogP contribution >= 0.6 is 11.3 Å². The summed E-state index contributed by atoms with van der Waals surface area (Å²) < 4.78 is 5.42. The van der Waals surface area contributed by atoms with E-state index in [1.54, 1.807) is 36.6 Å². The molecule has 4 aromatic rings. The van der Waals surface area contributed by atoms with Gasteiger partial charge in [-0.25, -0.2) is 4.98 Å². The molecular weight excluding hydrogens is 348 g/mol. The van der Waals surface area contributed by atoms with E-state index in [2.05, 4.69) is 10.3 Å². The highest BCUT2D eigenvalue weighted by molar-refractivity contribution is 7.17. The first-order valence-electron chi connectivity index (χ1n) is 7.92. The number of carbonyl (C=O) groups is 1. The van der Waals surface area contributed by atoms with Crippen molar-refractivity contribution in [1.29, 1.82) is 0 Å². The molecule has 0 atom stereocenters. The van der Waals surface area contributed by atoms with Crippen LogP contribution < -0.4 is 5.32 Å². The minimum absolute atomic E-state index is 0.0119. The Bertz CT molecular complexity index is 1040. The second kappa shape index (κ2) is 6.85. The Kier molecular flexibility index (Phi) is 4.25. The minimum atomic E-state index is -0.333. The minimum Gasteiger partial charge on any atom is -0.506 e. The first-order valence-corrected chi connectivity index (χ1v) is 8.73. The van der Waals surface area contributed by atoms with Crippen molar-refractivity contribution in [3.8, 4) is 27.8 Å². The summed E-state index contributed by atoms with van der Waals surface area (Å²) in [6, 6.07) is 19.7. The van der Waals surface area contributed by atoms with Gasteiger partial charge in [0.2, 0.25) is 0 Å². The van der Waals surface area contributed by atoms with E-state index < -0.39 is 0 Å². The third-order valence-electron chi connectivity index (χ3n) is 3.76. The number of thiazole rings is 1. The lowest BCUT2D eigenvalue weighted by Gasteiger charge is -2.07. The van der Waals surface area contributed by atoms with Crippen molar-refractivity contribution in [2.75, 3.05) is 5.32 Å².